The highest BCUT2D eigenvalue weighted by molar-refractivity contribution is 6.33. The van der Waals surface area contributed by atoms with Crippen LogP contribution in [0.25, 0.3) is 22.2 Å². The molecule has 2 aromatic carbocycles. The first-order valence-corrected chi connectivity index (χ1v) is 13.8. The van der Waals surface area contributed by atoms with Gasteiger partial charge in [0.15, 0.2) is 0 Å². The molecule has 0 aliphatic carbocycles. The van der Waals surface area contributed by atoms with Gasteiger partial charge in [-0.15, -0.1) is 0 Å². The molecular formula is C30H33ClN8O2. The fraction of sp³-hybridized carbons (Fsp3) is 0.267. The second-order valence-electron chi connectivity index (χ2n) is 10.3. The number of carbonyl (C=O) groups excluding carboxylic acids is 2. The van der Waals surface area contributed by atoms with E-state index in [1.165, 1.54) is 6.08 Å². The molecule has 41 heavy (non-hydrogen) atoms. The van der Waals surface area contributed by atoms with E-state index in [1.807, 2.05) is 49.5 Å². The van der Waals surface area contributed by atoms with E-state index >= 15 is 0 Å². The molecule has 10 nitrogen and oxygen atoms in total. The molecule has 212 valence electrons. The SMILES string of the molecule is CN(C)C/C=C/C(=O)Nc1ccc(C(=O)NC2CNCC(Nc3ncc(Cl)c(-c4c[nH]c5ccccc45)n3)C2)cc1. The quantitative estimate of drug-likeness (QED) is 0.192. The number of fused-ring (bicyclic) bond motifs is 1. The maximum absolute atomic E-state index is 12.9. The van der Waals surface area contributed by atoms with Gasteiger partial charge < -0.3 is 31.2 Å². The molecule has 3 heterocycles. The summed E-state index contributed by atoms with van der Waals surface area (Å²) in [5.74, 6) is 0.0855. The van der Waals surface area contributed by atoms with Crippen molar-refractivity contribution < 1.29 is 9.59 Å². The Kier molecular flexibility index (Phi) is 8.93. The summed E-state index contributed by atoms with van der Waals surface area (Å²) in [6, 6.07) is 14.8. The number of para-hydroxylation sites is 1. The first kappa shape index (κ1) is 28.3. The van der Waals surface area contributed by atoms with Crippen LogP contribution in [0.2, 0.25) is 5.02 Å². The molecule has 1 aliphatic heterocycles. The van der Waals surface area contributed by atoms with Gasteiger partial charge in [-0.2, -0.15) is 0 Å². The van der Waals surface area contributed by atoms with Crippen LogP contribution in [-0.4, -0.2) is 77.5 Å². The maximum Gasteiger partial charge on any atom is 0.251 e. The van der Waals surface area contributed by atoms with Crippen LogP contribution in [0.15, 0.2) is 73.1 Å². The molecular weight excluding hydrogens is 540 g/mol. The van der Waals surface area contributed by atoms with E-state index in [2.05, 4.69) is 31.2 Å². The monoisotopic (exact) mass is 572 g/mol. The van der Waals surface area contributed by atoms with Crippen molar-refractivity contribution >= 4 is 46.0 Å². The number of nitrogens with zero attached hydrogens (tertiary/aromatic N) is 3. The molecule has 5 rings (SSSR count). The number of H-pyrrole nitrogens is 1. The van der Waals surface area contributed by atoms with Gasteiger partial charge >= 0.3 is 0 Å². The van der Waals surface area contributed by atoms with Crippen LogP contribution < -0.4 is 21.3 Å². The van der Waals surface area contributed by atoms with Gasteiger partial charge in [0, 0.05) is 71.7 Å². The number of anilines is 2. The van der Waals surface area contributed by atoms with Crippen LogP contribution in [0.4, 0.5) is 11.6 Å². The van der Waals surface area contributed by atoms with Crippen LogP contribution in [0.5, 0.6) is 0 Å². The number of aromatic nitrogens is 3. The normalized spacial score (nSPS) is 17.2. The summed E-state index contributed by atoms with van der Waals surface area (Å²) in [5, 5.41) is 14.2. The summed E-state index contributed by atoms with van der Waals surface area (Å²) >= 11 is 6.48. The fourth-order valence-corrected chi connectivity index (χ4v) is 4.96. The van der Waals surface area contributed by atoms with Crippen LogP contribution in [-0.2, 0) is 4.79 Å². The molecule has 4 aromatic rings. The Hall–Kier alpha value is -4.25. The Balaban J connectivity index is 1.17. The number of hydrogen-bond donors (Lipinski definition) is 5. The van der Waals surface area contributed by atoms with Crippen molar-refractivity contribution in [2.45, 2.75) is 18.5 Å². The molecule has 2 atom stereocenters. The second kappa shape index (κ2) is 12.9. The van der Waals surface area contributed by atoms with Gasteiger partial charge in [-0.3, -0.25) is 9.59 Å². The second-order valence-corrected chi connectivity index (χ2v) is 10.7. The zero-order chi connectivity index (χ0) is 28.8. The van der Waals surface area contributed by atoms with Crippen molar-refractivity contribution in [3.05, 3.63) is 83.7 Å². The largest absolute Gasteiger partial charge is 0.360 e. The lowest BCUT2D eigenvalue weighted by atomic mass is 10.0. The number of halogens is 1. The van der Waals surface area contributed by atoms with Crippen LogP contribution in [0, 0.1) is 0 Å². The Morgan fingerprint density at radius 2 is 1.88 bits per heavy atom. The molecule has 0 radical (unpaired) electrons. The number of likely N-dealkylation sites (N-methyl/N-ethyl adjacent to an activating group) is 1. The summed E-state index contributed by atoms with van der Waals surface area (Å²) in [6.45, 7) is 2.04. The first-order chi connectivity index (χ1) is 19.9. The Labute approximate surface area is 243 Å². The number of nitrogens with one attached hydrogen (secondary N) is 5. The standard InChI is InChI=1S/C30H33ClN8O2/c1-39(2)13-5-8-27(40)35-20-11-9-19(10-12-20)29(41)36-21-14-22(16-32-15-21)37-30-34-18-25(31)28(38-30)24-17-33-26-7-4-3-6-23(24)26/h3-12,17-18,21-22,32-33H,13-16H2,1-2H3,(H,35,40)(H,36,41)(H,34,37,38)/b8-5+. The third kappa shape index (κ3) is 7.29. The van der Waals surface area contributed by atoms with E-state index in [-0.39, 0.29) is 23.9 Å². The molecule has 1 fully saturated rings. The minimum atomic E-state index is -0.214. The zero-order valence-corrected chi connectivity index (χ0v) is 23.7. The number of rotatable bonds is 9. The number of piperidine rings is 1. The molecule has 1 saturated heterocycles. The first-order valence-electron chi connectivity index (χ1n) is 13.4. The number of aromatic amines is 1. The number of carbonyl (C=O) groups is 2. The third-order valence-corrected chi connectivity index (χ3v) is 7.04. The van der Waals surface area contributed by atoms with E-state index in [4.69, 9.17) is 16.6 Å². The van der Waals surface area contributed by atoms with E-state index < -0.39 is 0 Å². The molecule has 11 heteroatoms. The van der Waals surface area contributed by atoms with Gasteiger partial charge in [0.2, 0.25) is 11.9 Å². The van der Waals surface area contributed by atoms with E-state index in [9.17, 15) is 9.59 Å². The predicted molar refractivity (Wildman–Crippen MR) is 163 cm³/mol. The number of hydrogen-bond acceptors (Lipinski definition) is 7. The van der Waals surface area contributed by atoms with Gasteiger partial charge in [-0.05, 0) is 50.8 Å². The molecule has 0 bridgehead atoms. The van der Waals surface area contributed by atoms with E-state index in [0.717, 1.165) is 16.5 Å². The van der Waals surface area contributed by atoms with E-state index in [1.54, 1.807) is 36.5 Å². The van der Waals surface area contributed by atoms with Gasteiger partial charge in [0.05, 0.1) is 16.9 Å². The highest BCUT2D eigenvalue weighted by Gasteiger charge is 2.24. The number of benzene rings is 2. The van der Waals surface area contributed by atoms with Crippen molar-refractivity contribution in [3.63, 3.8) is 0 Å². The lowest BCUT2D eigenvalue weighted by molar-refractivity contribution is -0.111. The zero-order valence-electron chi connectivity index (χ0n) is 22.9. The molecule has 0 saturated carbocycles. The van der Waals surface area contributed by atoms with Crippen molar-refractivity contribution in [1.29, 1.82) is 0 Å². The van der Waals surface area contributed by atoms with Gasteiger partial charge in [-0.1, -0.05) is 35.9 Å². The molecule has 5 N–H and O–H groups in total. The molecule has 2 unspecified atom stereocenters. The molecule has 2 amide bonds. The minimum absolute atomic E-state index is 0.00387. The summed E-state index contributed by atoms with van der Waals surface area (Å²) in [7, 11) is 3.87. The lowest BCUT2D eigenvalue weighted by Crippen LogP contribution is -2.52. The van der Waals surface area contributed by atoms with Crippen molar-refractivity contribution in [2.75, 3.05) is 44.4 Å². The maximum atomic E-state index is 12.9. The van der Waals surface area contributed by atoms with E-state index in [0.29, 0.717) is 54.0 Å². The third-order valence-electron chi connectivity index (χ3n) is 6.76. The molecule has 1 aliphatic rings. The minimum Gasteiger partial charge on any atom is -0.360 e. The topological polar surface area (TPSA) is 127 Å². The number of amides is 2. The van der Waals surface area contributed by atoms with Crippen molar-refractivity contribution in [3.8, 4) is 11.3 Å². The smallest absolute Gasteiger partial charge is 0.251 e. The van der Waals surface area contributed by atoms with Gasteiger partial charge in [-0.25, -0.2) is 9.97 Å². The molecule has 0 spiro atoms. The average Bonchev–Trinajstić information content (AvgIpc) is 3.38. The Morgan fingerprint density at radius 1 is 1.10 bits per heavy atom. The Bertz CT molecular complexity index is 1550. The fourth-order valence-electron chi connectivity index (χ4n) is 4.77. The van der Waals surface area contributed by atoms with Crippen molar-refractivity contribution in [1.82, 2.24) is 30.5 Å². The van der Waals surface area contributed by atoms with Gasteiger partial charge in [0.1, 0.15) is 0 Å². The highest BCUT2D eigenvalue weighted by Crippen LogP contribution is 2.32. The summed E-state index contributed by atoms with van der Waals surface area (Å²) in [5.41, 5.74) is 3.72. The molecule has 2 aromatic heterocycles. The van der Waals surface area contributed by atoms with Crippen molar-refractivity contribution in [2.24, 2.45) is 0 Å². The average molecular weight is 573 g/mol. The summed E-state index contributed by atoms with van der Waals surface area (Å²) < 4.78 is 0. The van der Waals surface area contributed by atoms with Crippen LogP contribution in [0.3, 0.4) is 0 Å². The summed E-state index contributed by atoms with van der Waals surface area (Å²) in [4.78, 5) is 39.3. The van der Waals surface area contributed by atoms with Crippen LogP contribution >= 0.6 is 11.6 Å². The van der Waals surface area contributed by atoms with Gasteiger partial charge in [0.25, 0.3) is 5.91 Å². The van der Waals surface area contributed by atoms with Crippen LogP contribution in [0.1, 0.15) is 16.8 Å². The highest BCUT2D eigenvalue weighted by atomic mass is 35.5. The lowest BCUT2D eigenvalue weighted by Gasteiger charge is -2.31. The summed E-state index contributed by atoms with van der Waals surface area (Å²) in [6.07, 6.45) is 7.50. The Morgan fingerprint density at radius 3 is 2.68 bits per heavy atom. The predicted octanol–water partition coefficient (Wildman–Crippen LogP) is 3.91.